The highest BCUT2D eigenvalue weighted by Gasteiger charge is 2.43. The van der Waals surface area contributed by atoms with Gasteiger partial charge in [0.2, 0.25) is 5.91 Å². The van der Waals surface area contributed by atoms with E-state index in [4.69, 9.17) is 4.74 Å². The molecule has 1 aromatic rings. The van der Waals surface area contributed by atoms with Gasteiger partial charge in [-0.3, -0.25) is 9.69 Å². The summed E-state index contributed by atoms with van der Waals surface area (Å²) < 4.78 is 5.43. The van der Waals surface area contributed by atoms with Gasteiger partial charge in [0.05, 0.1) is 13.2 Å². The van der Waals surface area contributed by atoms with Crippen molar-refractivity contribution < 1.29 is 9.53 Å². The Bertz CT molecular complexity index is 632. The predicted molar refractivity (Wildman–Crippen MR) is 111 cm³/mol. The molecule has 3 fully saturated rings. The highest BCUT2D eigenvalue weighted by molar-refractivity contribution is 5.77. The van der Waals surface area contributed by atoms with Gasteiger partial charge in [-0.25, -0.2) is 0 Å². The molecule has 3 atom stereocenters. The largest absolute Gasteiger partial charge is 0.379 e. The number of hydrogen-bond donors (Lipinski definition) is 0. The van der Waals surface area contributed by atoms with E-state index >= 15 is 0 Å². The van der Waals surface area contributed by atoms with E-state index in [1.165, 1.54) is 18.4 Å². The van der Waals surface area contributed by atoms with Crippen molar-refractivity contribution in [2.24, 2.45) is 0 Å². The van der Waals surface area contributed by atoms with Crippen molar-refractivity contribution in [3.63, 3.8) is 0 Å². The smallest absolute Gasteiger partial charge is 0.224 e. The highest BCUT2D eigenvalue weighted by atomic mass is 16.5. The summed E-state index contributed by atoms with van der Waals surface area (Å²) in [6.07, 6.45) is 5.31. The summed E-state index contributed by atoms with van der Waals surface area (Å²) in [6.45, 7) is 6.42. The lowest BCUT2D eigenvalue weighted by atomic mass is 9.79. The van der Waals surface area contributed by atoms with Crippen LogP contribution in [0, 0.1) is 0 Å². The Morgan fingerprint density at radius 1 is 1.04 bits per heavy atom. The minimum Gasteiger partial charge on any atom is -0.379 e. The lowest BCUT2D eigenvalue weighted by molar-refractivity contribution is -0.138. The Kier molecular flexibility index (Phi) is 6.65. The molecular formula is C23H35N3O2. The Morgan fingerprint density at radius 3 is 2.61 bits per heavy atom. The third-order valence-corrected chi connectivity index (χ3v) is 6.95. The first kappa shape index (κ1) is 19.9. The first-order valence-corrected chi connectivity index (χ1v) is 11.1. The van der Waals surface area contributed by atoms with E-state index in [9.17, 15) is 4.79 Å². The van der Waals surface area contributed by atoms with Crippen molar-refractivity contribution in [2.75, 3.05) is 53.0 Å². The zero-order valence-corrected chi connectivity index (χ0v) is 17.3. The molecule has 4 rings (SSSR count). The summed E-state index contributed by atoms with van der Waals surface area (Å²) in [6, 6.07) is 11.7. The van der Waals surface area contributed by atoms with E-state index in [0.717, 1.165) is 58.8 Å². The molecule has 28 heavy (non-hydrogen) atoms. The number of amides is 1. The number of carbonyl (C=O) groups excluding carboxylic acids is 1. The van der Waals surface area contributed by atoms with Gasteiger partial charge in [0.15, 0.2) is 0 Å². The Balaban J connectivity index is 1.47. The minimum atomic E-state index is 0.350. The molecule has 154 valence electrons. The fourth-order valence-electron chi connectivity index (χ4n) is 5.45. The average molecular weight is 386 g/mol. The molecule has 0 aliphatic carbocycles. The van der Waals surface area contributed by atoms with E-state index in [1.807, 2.05) is 0 Å². The van der Waals surface area contributed by atoms with Gasteiger partial charge in [-0.05, 0) is 38.4 Å². The van der Waals surface area contributed by atoms with E-state index in [0.29, 0.717) is 30.3 Å². The quantitative estimate of drug-likeness (QED) is 0.798. The summed E-state index contributed by atoms with van der Waals surface area (Å²) in [4.78, 5) is 20.4. The maximum atomic E-state index is 13.2. The first-order valence-electron chi connectivity index (χ1n) is 11.1. The number of morpholine rings is 1. The van der Waals surface area contributed by atoms with E-state index in [1.54, 1.807) is 0 Å². The zero-order chi connectivity index (χ0) is 19.3. The van der Waals surface area contributed by atoms with Gasteiger partial charge < -0.3 is 14.5 Å². The molecule has 3 aliphatic rings. The lowest BCUT2D eigenvalue weighted by Crippen LogP contribution is -2.58. The van der Waals surface area contributed by atoms with Crippen molar-refractivity contribution in [2.45, 2.75) is 50.1 Å². The molecule has 0 bridgehead atoms. The van der Waals surface area contributed by atoms with Crippen LogP contribution in [0.4, 0.5) is 0 Å². The summed E-state index contributed by atoms with van der Waals surface area (Å²) in [5.41, 5.74) is 1.44. The van der Waals surface area contributed by atoms with Crippen molar-refractivity contribution in [1.82, 2.24) is 14.7 Å². The topological polar surface area (TPSA) is 36.0 Å². The standard InChI is InChI=1S/C23H35N3O2/c1-24-12-6-5-9-21-23(24)20(19-7-3-2-4-8-19)10-14-26(21)22(27)11-13-25-15-17-28-18-16-25/h2-4,7-8,20-21,23H,5-6,9-18H2,1H3/t20-,21-,23-/m1/s1. The molecule has 1 amide bonds. The first-order chi connectivity index (χ1) is 13.7. The maximum absolute atomic E-state index is 13.2. The molecule has 3 aliphatic heterocycles. The Labute approximate surface area is 169 Å². The summed E-state index contributed by atoms with van der Waals surface area (Å²) >= 11 is 0. The number of hydrogen-bond acceptors (Lipinski definition) is 4. The number of nitrogens with zero attached hydrogens (tertiary/aromatic N) is 3. The van der Waals surface area contributed by atoms with Gasteiger partial charge in [0.1, 0.15) is 0 Å². The van der Waals surface area contributed by atoms with Gasteiger partial charge in [-0.1, -0.05) is 36.8 Å². The fourth-order valence-corrected chi connectivity index (χ4v) is 5.45. The molecular weight excluding hydrogens is 350 g/mol. The molecule has 0 aromatic heterocycles. The molecule has 0 N–H and O–H groups in total. The molecule has 0 saturated carbocycles. The summed E-state index contributed by atoms with van der Waals surface area (Å²) in [5.74, 6) is 0.876. The second kappa shape index (κ2) is 9.38. The number of carbonyl (C=O) groups is 1. The number of likely N-dealkylation sites (N-methyl/N-ethyl adjacent to an activating group) is 1. The van der Waals surface area contributed by atoms with Gasteiger partial charge in [0, 0.05) is 50.6 Å². The van der Waals surface area contributed by atoms with E-state index in [-0.39, 0.29) is 0 Å². The van der Waals surface area contributed by atoms with Gasteiger partial charge in [0.25, 0.3) is 0 Å². The van der Waals surface area contributed by atoms with Crippen molar-refractivity contribution >= 4 is 5.91 Å². The molecule has 1 aromatic carbocycles. The predicted octanol–water partition coefficient (Wildman–Crippen LogP) is 2.58. The van der Waals surface area contributed by atoms with E-state index in [2.05, 4.69) is 52.1 Å². The van der Waals surface area contributed by atoms with Crippen LogP contribution in [0.1, 0.15) is 43.6 Å². The van der Waals surface area contributed by atoms with Crippen molar-refractivity contribution in [1.29, 1.82) is 0 Å². The van der Waals surface area contributed by atoms with Crippen LogP contribution in [0.5, 0.6) is 0 Å². The van der Waals surface area contributed by atoms with Crippen LogP contribution >= 0.6 is 0 Å². The van der Waals surface area contributed by atoms with Gasteiger partial charge >= 0.3 is 0 Å². The average Bonchev–Trinajstić information content (AvgIpc) is 2.95. The van der Waals surface area contributed by atoms with E-state index < -0.39 is 0 Å². The van der Waals surface area contributed by atoms with Gasteiger partial charge in [-0.15, -0.1) is 0 Å². The number of rotatable bonds is 4. The van der Waals surface area contributed by atoms with Crippen LogP contribution in [0.2, 0.25) is 0 Å². The zero-order valence-electron chi connectivity index (χ0n) is 17.3. The number of ether oxygens (including phenoxy) is 1. The molecule has 5 nitrogen and oxygen atoms in total. The normalized spacial score (nSPS) is 29.9. The minimum absolute atomic E-state index is 0.350. The molecule has 3 heterocycles. The van der Waals surface area contributed by atoms with Crippen molar-refractivity contribution in [3.8, 4) is 0 Å². The number of likely N-dealkylation sites (tertiary alicyclic amines) is 2. The summed E-state index contributed by atoms with van der Waals surface area (Å²) in [7, 11) is 2.26. The van der Waals surface area contributed by atoms with Crippen LogP contribution in [-0.2, 0) is 9.53 Å². The van der Waals surface area contributed by atoms with Crippen LogP contribution in [0.3, 0.4) is 0 Å². The van der Waals surface area contributed by atoms with Crippen LogP contribution in [0.15, 0.2) is 30.3 Å². The molecule has 0 radical (unpaired) electrons. The summed E-state index contributed by atoms with van der Waals surface area (Å²) in [5, 5.41) is 0. The Hall–Kier alpha value is -1.43. The highest BCUT2D eigenvalue weighted by Crippen LogP contribution is 2.38. The third-order valence-electron chi connectivity index (χ3n) is 6.95. The molecule has 5 heteroatoms. The molecule has 3 saturated heterocycles. The van der Waals surface area contributed by atoms with Crippen LogP contribution < -0.4 is 0 Å². The second-order valence-electron chi connectivity index (χ2n) is 8.63. The lowest BCUT2D eigenvalue weighted by Gasteiger charge is -2.48. The fraction of sp³-hybridized carbons (Fsp3) is 0.696. The second-order valence-corrected chi connectivity index (χ2v) is 8.63. The maximum Gasteiger partial charge on any atom is 0.224 e. The monoisotopic (exact) mass is 385 g/mol. The Morgan fingerprint density at radius 2 is 1.82 bits per heavy atom. The third kappa shape index (κ3) is 4.42. The van der Waals surface area contributed by atoms with Gasteiger partial charge in [-0.2, -0.15) is 0 Å². The number of benzene rings is 1. The number of piperidine rings is 1. The van der Waals surface area contributed by atoms with Crippen LogP contribution in [-0.4, -0.2) is 85.7 Å². The SMILES string of the molecule is CN1CCCC[C@@H]2[C@H]1[C@@H](c1ccccc1)CCN2C(=O)CCN1CCOCC1. The number of fused-ring (bicyclic) bond motifs is 1. The van der Waals surface area contributed by atoms with Crippen LogP contribution in [0.25, 0.3) is 0 Å². The molecule has 0 spiro atoms. The van der Waals surface area contributed by atoms with Crippen molar-refractivity contribution in [3.05, 3.63) is 35.9 Å². The molecule has 0 unspecified atom stereocenters.